The fourth-order valence-electron chi connectivity index (χ4n) is 2.70. The van der Waals surface area contributed by atoms with E-state index in [-0.39, 0.29) is 6.10 Å². The number of nitrogens with zero attached hydrogens (tertiary/aromatic N) is 2. The van der Waals surface area contributed by atoms with Gasteiger partial charge < -0.3 is 9.64 Å². The zero-order valence-electron chi connectivity index (χ0n) is 10.2. The Balaban J connectivity index is 1.71. The van der Waals surface area contributed by atoms with Crippen molar-refractivity contribution < 1.29 is 4.74 Å². The molecule has 0 saturated carbocycles. The minimum atomic E-state index is 0.226. The molecule has 4 heteroatoms. The van der Waals surface area contributed by atoms with Crippen LogP contribution in [0, 0.1) is 0 Å². The third kappa shape index (κ3) is 3.59. The first-order valence-electron chi connectivity index (χ1n) is 6.44. The Morgan fingerprint density at radius 2 is 1.81 bits per heavy atom. The zero-order chi connectivity index (χ0) is 11.4. The first-order valence-corrected chi connectivity index (χ1v) is 6.97. The van der Waals surface area contributed by atoms with Crippen molar-refractivity contribution in [2.24, 2.45) is 0 Å². The molecule has 2 atom stereocenters. The molecule has 2 rings (SSSR count). The Hall–Kier alpha value is 0.170. The molecule has 0 aromatic heterocycles. The Morgan fingerprint density at radius 3 is 2.50 bits per heavy atom. The van der Waals surface area contributed by atoms with Crippen LogP contribution in [0.5, 0.6) is 0 Å². The van der Waals surface area contributed by atoms with E-state index in [1.807, 2.05) is 0 Å². The molecule has 2 unspecified atom stereocenters. The molecule has 0 amide bonds. The molecule has 0 aromatic rings. The van der Waals surface area contributed by atoms with Crippen molar-refractivity contribution in [3.63, 3.8) is 0 Å². The molecule has 0 aliphatic carbocycles. The maximum atomic E-state index is 5.88. The minimum absolute atomic E-state index is 0.226. The topological polar surface area (TPSA) is 15.7 Å². The van der Waals surface area contributed by atoms with Crippen molar-refractivity contribution in [3.8, 4) is 0 Å². The van der Waals surface area contributed by atoms with Crippen LogP contribution >= 0.6 is 11.6 Å². The first-order chi connectivity index (χ1) is 7.78. The fourth-order valence-corrected chi connectivity index (χ4v) is 2.87. The standard InChI is InChI=1S/C12H23ClN2O/c1-11-9-15(10-12(8-13)16-11)7-6-14-4-2-3-5-14/h11-12H,2-10H2,1H3. The van der Waals surface area contributed by atoms with Gasteiger partial charge in [0.25, 0.3) is 0 Å². The maximum Gasteiger partial charge on any atom is 0.0841 e. The molecule has 94 valence electrons. The van der Waals surface area contributed by atoms with Crippen LogP contribution in [0.3, 0.4) is 0 Å². The summed E-state index contributed by atoms with van der Waals surface area (Å²) in [6, 6.07) is 0. The highest BCUT2D eigenvalue weighted by molar-refractivity contribution is 6.18. The summed E-state index contributed by atoms with van der Waals surface area (Å²) in [5.74, 6) is 0.616. The van der Waals surface area contributed by atoms with Crippen LogP contribution in [0.4, 0.5) is 0 Å². The van der Waals surface area contributed by atoms with Crippen molar-refractivity contribution in [2.75, 3.05) is 45.1 Å². The normalized spacial score (nSPS) is 33.4. The van der Waals surface area contributed by atoms with E-state index in [9.17, 15) is 0 Å². The second-order valence-corrected chi connectivity index (χ2v) is 5.34. The molecule has 0 spiro atoms. The van der Waals surface area contributed by atoms with Gasteiger partial charge in [-0.3, -0.25) is 4.90 Å². The number of hydrogen-bond acceptors (Lipinski definition) is 3. The average Bonchev–Trinajstić information content (AvgIpc) is 2.78. The van der Waals surface area contributed by atoms with E-state index in [2.05, 4.69) is 16.7 Å². The molecule has 0 bridgehead atoms. The molecule has 2 saturated heterocycles. The monoisotopic (exact) mass is 246 g/mol. The summed E-state index contributed by atoms with van der Waals surface area (Å²) < 4.78 is 5.75. The molecule has 0 N–H and O–H groups in total. The van der Waals surface area contributed by atoms with Crippen molar-refractivity contribution in [2.45, 2.75) is 32.0 Å². The van der Waals surface area contributed by atoms with Crippen molar-refractivity contribution in [1.82, 2.24) is 9.80 Å². The smallest absolute Gasteiger partial charge is 0.0841 e. The second-order valence-electron chi connectivity index (χ2n) is 5.03. The Bertz CT molecular complexity index is 209. The van der Waals surface area contributed by atoms with Gasteiger partial charge in [-0.2, -0.15) is 0 Å². The number of likely N-dealkylation sites (tertiary alicyclic amines) is 1. The molecule has 2 heterocycles. The highest BCUT2D eigenvalue weighted by Crippen LogP contribution is 2.13. The summed E-state index contributed by atoms with van der Waals surface area (Å²) in [6.07, 6.45) is 3.31. The third-order valence-electron chi connectivity index (χ3n) is 3.51. The molecular formula is C12H23ClN2O. The number of rotatable bonds is 4. The largest absolute Gasteiger partial charge is 0.371 e. The number of halogens is 1. The second kappa shape index (κ2) is 6.20. The summed E-state index contributed by atoms with van der Waals surface area (Å²) in [6.45, 7) is 9.16. The number of morpholine rings is 1. The molecule has 2 aliphatic rings. The van der Waals surface area contributed by atoms with Crippen LogP contribution in [0.2, 0.25) is 0 Å². The van der Waals surface area contributed by atoms with Gasteiger partial charge in [-0.25, -0.2) is 0 Å². The molecule has 0 radical (unpaired) electrons. The maximum absolute atomic E-state index is 5.88. The van der Waals surface area contributed by atoms with E-state index >= 15 is 0 Å². The minimum Gasteiger partial charge on any atom is -0.371 e. The van der Waals surface area contributed by atoms with Crippen LogP contribution in [0.15, 0.2) is 0 Å². The predicted octanol–water partition coefficient (Wildman–Crippen LogP) is 1.41. The summed E-state index contributed by atoms with van der Waals surface area (Å²) in [4.78, 5) is 5.06. The Morgan fingerprint density at radius 1 is 1.12 bits per heavy atom. The molecular weight excluding hydrogens is 224 g/mol. The van der Waals surface area contributed by atoms with Gasteiger partial charge in [0.2, 0.25) is 0 Å². The molecule has 3 nitrogen and oxygen atoms in total. The highest BCUT2D eigenvalue weighted by atomic mass is 35.5. The lowest BCUT2D eigenvalue weighted by molar-refractivity contribution is -0.0674. The number of hydrogen-bond donors (Lipinski definition) is 0. The van der Waals surface area contributed by atoms with Crippen LogP contribution in [0.25, 0.3) is 0 Å². The van der Waals surface area contributed by atoms with Gasteiger partial charge in [0, 0.05) is 32.1 Å². The van der Waals surface area contributed by atoms with Gasteiger partial charge in [0.05, 0.1) is 12.2 Å². The zero-order valence-corrected chi connectivity index (χ0v) is 11.0. The van der Waals surface area contributed by atoms with Crippen molar-refractivity contribution >= 4 is 11.6 Å². The van der Waals surface area contributed by atoms with Crippen molar-refractivity contribution in [3.05, 3.63) is 0 Å². The highest BCUT2D eigenvalue weighted by Gasteiger charge is 2.24. The van der Waals surface area contributed by atoms with Crippen molar-refractivity contribution in [1.29, 1.82) is 0 Å². The van der Waals surface area contributed by atoms with E-state index in [0.29, 0.717) is 12.0 Å². The predicted molar refractivity (Wildman–Crippen MR) is 67.2 cm³/mol. The van der Waals surface area contributed by atoms with Gasteiger partial charge in [0.1, 0.15) is 0 Å². The van der Waals surface area contributed by atoms with E-state index < -0.39 is 0 Å². The van der Waals surface area contributed by atoms with E-state index in [4.69, 9.17) is 16.3 Å². The van der Waals surface area contributed by atoms with E-state index in [1.54, 1.807) is 0 Å². The summed E-state index contributed by atoms with van der Waals surface area (Å²) >= 11 is 5.88. The number of ether oxygens (including phenoxy) is 1. The Kier molecular flexibility index (Phi) is 4.89. The van der Waals surface area contributed by atoms with Crippen LogP contribution in [-0.2, 0) is 4.74 Å². The summed E-state index contributed by atoms with van der Waals surface area (Å²) in [5, 5.41) is 0. The quantitative estimate of drug-likeness (QED) is 0.698. The lowest BCUT2D eigenvalue weighted by Gasteiger charge is -2.36. The fraction of sp³-hybridized carbons (Fsp3) is 1.00. The van der Waals surface area contributed by atoms with Crippen LogP contribution in [-0.4, -0.2) is 67.2 Å². The lowest BCUT2D eigenvalue weighted by Crippen LogP contribution is -2.49. The SMILES string of the molecule is CC1CN(CCN2CCCC2)CC(CCl)O1. The molecule has 0 aromatic carbocycles. The van der Waals surface area contributed by atoms with Gasteiger partial charge in [-0.05, 0) is 32.9 Å². The van der Waals surface area contributed by atoms with Gasteiger partial charge >= 0.3 is 0 Å². The average molecular weight is 247 g/mol. The van der Waals surface area contributed by atoms with Gasteiger partial charge in [-0.1, -0.05) is 0 Å². The molecule has 16 heavy (non-hydrogen) atoms. The summed E-state index contributed by atoms with van der Waals surface area (Å²) in [7, 11) is 0. The lowest BCUT2D eigenvalue weighted by atomic mass is 10.2. The molecule has 2 aliphatic heterocycles. The summed E-state index contributed by atoms with van der Waals surface area (Å²) in [5.41, 5.74) is 0. The van der Waals surface area contributed by atoms with Gasteiger partial charge in [-0.15, -0.1) is 11.6 Å². The number of alkyl halides is 1. The van der Waals surface area contributed by atoms with Crippen LogP contribution in [0.1, 0.15) is 19.8 Å². The van der Waals surface area contributed by atoms with E-state index in [0.717, 1.165) is 13.1 Å². The van der Waals surface area contributed by atoms with E-state index in [1.165, 1.54) is 39.0 Å². The molecule has 2 fully saturated rings. The van der Waals surface area contributed by atoms with Gasteiger partial charge in [0.15, 0.2) is 0 Å². The first kappa shape index (κ1) is 12.6. The third-order valence-corrected chi connectivity index (χ3v) is 3.85. The van der Waals surface area contributed by atoms with Crippen LogP contribution < -0.4 is 0 Å². The Labute approximate surface area is 104 Å².